The lowest BCUT2D eigenvalue weighted by Gasteiger charge is -2.13. The minimum absolute atomic E-state index is 0.0145. The largest absolute Gasteiger partial charge is 0.489 e. The molecule has 3 rings (SSSR count). The molecule has 1 aromatic heterocycles. The normalized spacial score (nSPS) is 10.9. The lowest BCUT2D eigenvalue weighted by Crippen LogP contribution is -2.25. The summed E-state index contributed by atoms with van der Waals surface area (Å²) >= 11 is 0. The average molecular weight is 561 g/mol. The van der Waals surface area contributed by atoms with Crippen molar-refractivity contribution in [3.05, 3.63) is 70.3 Å². The van der Waals surface area contributed by atoms with Crippen LogP contribution in [0.1, 0.15) is 33.3 Å². The third-order valence-electron chi connectivity index (χ3n) is 4.92. The lowest BCUT2D eigenvalue weighted by atomic mass is 10.1. The molecule has 0 spiro atoms. The minimum atomic E-state index is -2.33. The molecule has 0 atom stereocenters. The van der Waals surface area contributed by atoms with Crippen LogP contribution in [0.25, 0.3) is 5.69 Å². The fraction of sp³-hybridized carbons (Fsp3) is 0.304. The molecule has 39 heavy (non-hydrogen) atoms. The third kappa shape index (κ3) is 7.02. The number of nitrogens with one attached hydrogen (secondary N) is 2. The van der Waals surface area contributed by atoms with Crippen molar-refractivity contribution >= 4 is 11.8 Å². The highest BCUT2D eigenvalue weighted by Crippen LogP contribution is 2.25. The average Bonchev–Trinajstić information content (AvgIpc) is 3.43. The zero-order chi connectivity index (χ0) is 28.5. The number of aromatic nitrogens is 3. The van der Waals surface area contributed by atoms with Crippen LogP contribution in [-0.2, 0) is 16.2 Å². The number of hydrogen-bond acceptors (Lipinski definition) is 7. The molecule has 0 saturated heterocycles. The van der Waals surface area contributed by atoms with Crippen LogP contribution in [0, 0.1) is 29.1 Å². The van der Waals surface area contributed by atoms with Crippen molar-refractivity contribution in [2.24, 2.45) is 0 Å². The number of alkyl halides is 1. The van der Waals surface area contributed by atoms with Crippen molar-refractivity contribution in [1.82, 2.24) is 25.8 Å². The summed E-state index contributed by atoms with van der Waals surface area (Å²) in [4.78, 5) is 29.2. The molecule has 0 bridgehead atoms. The molecule has 2 amide bonds. The summed E-state index contributed by atoms with van der Waals surface area (Å²) in [5.74, 6) is -12.2. The van der Waals surface area contributed by atoms with E-state index in [2.05, 4.69) is 20.5 Å². The van der Waals surface area contributed by atoms with Crippen molar-refractivity contribution in [3.63, 3.8) is 0 Å². The van der Waals surface area contributed by atoms with Crippen LogP contribution in [-0.4, -0.2) is 59.8 Å². The van der Waals surface area contributed by atoms with Crippen LogP contribution >= 0.6 is 0 Å². The van der Waals surface area contributed by atoms with Gasteiger partial charge in [0.2, 0.25) is 5.82 Å². The number of benzene rings is 2. The quantitative estimate of drug-likeness (QED) is 0.108. The summed E-state index contributed by atoms with van der Waals surface area (Å²) in [7, 11) is 0. The zero-order valence-electron chi connectivity index (χ0n) is 20.2. The predicted molar refractivity (Wildman–Crippen MR) is 120 cm³/mol. The number of hydroxylamine groups is 1. The number of amides is 2. The molecule has 0 unspecified atom stereocenters. The SMILES string of the molecule is CCNC(=O)c1ccc(-n2cc(C(=O)NOCc3c(F)c(F)c(F)c(F)c3F)nn2)c(OCCOCCF)c1. The highest BCUT2D eigenvalue weighted by molar-refractivity contribution is 5.95. The van der Waals surface area contributed by atoms with Crippen molar-refractivity contribution < 1.29 is 50.2 Å². The highest BCUT2D eigenvalue weighted by Gasteiger charge is 2.26. The van der Waals surface area contributed by atoms with E-state index in [-0.39, 0.29) is 48.4 Å². The van der Waals surface area contributed by atoms with Gasteiger partial charge in [-0.2, -0.15) is 0 Å². The maximum absolute atomic E-state index is 13.7. The predicted octanol–water partition coefficient (Wildman–Crippen LogP) is 2.94. The standard InChI is InChI=1S/C23H21F6N5O5/c1-2-30-22(35)12-3-4-15(16(9-12)38-8-7-37-6-5-24)34-10-14(31-33-34)23(36)32-39-11-13-17(25)19(27)21(29)20(28)18(13)26/h3-4,9-10H,2,5-8,11H2,1H3,(H,30,35)(H,32,36). The Kier molecular flexibility index (Phi) is 10.2. The molecular weight excluding hydrogens is 540 g/mol. The van der Waals surface area contributed by atoms with E-state index in [0.29, 0.717) is 6.54 Å². The molecule has 0 saturated carbocycles. The maximum Gasteiger partial charge on any atom is 0.297 e. The van der Waals surface area contributed by atoms with E-state index in [0.717, 1.165) is 10.9 Å². The van der Waals surface area contributed by atoms with Gasteiger partial charge in [0, 0.05) is 12.1 Å². The van der Waals surface area contributed by atoms with E-state index in [1.54, 1.807) is 12.4 Å². The summed E-state index contributed by atoms with van der Waals surface area (Å²) in [6.45, 7) is 0.160. The van der Waals surface area contributed by atoms with Crippen LogP contribution in [0.5, 0.6) is 5.75 Å². The second-order valence-electron chi connectivity index (χ2n) is 7.51. The molecule has 0 radical (unpaired) electrons. The topological polar surface area (TPSA) is 117 Å². The van der Waals surface area contributed by atoms with Gasteiger partial charge in [-0.05, 0) is 25.1 Å². The van der Waals surface area contributed by atoms with Gasteiger partial charge in [0.05, 0.1) is 25.0 Å². The van der Waals surface area contributed by atoms with E-state index in [9.17, 15) is 35.9 Å². The van der Waals surface area contributed by atoms with Crippen LogP contribution in [0.4, 0.5) is 26.3 Å². The number of rotatable bonds is 13. The van der Waals surface area contributed by atoms with Crippen LogP contribution < -0.4 is 15.5 Å². The number of carbonyl (C=O) groups is 2. The molecule has 16 heteroatoms. The van der Waals surface area contributed by atoms with Gasteiger partial charge in [-0.3, -0.25) is 14.4 Å². The minimum Gasteiger partial charge on any atom is -0.489 e. The summed E-state index contributed by atoms with van der Waals surface area (Å²) in [5, 5.41) is 10.1. The number of halogens is 6. The molecule has 10 nitrogen and oxygen atoms in total. The van der Waals surface area contributed by atoms with Gasteiger partial charge in [0.15, 0.2) is 29.0 Å². The molecule has 2 N–H and O–H groups in total. The summed E-state index contributed by atoms with van der Waals surface area (Å²) < 4.78 is 91.2. The van der Waals surface area contributed by atoms with Gasteiger partial charge in [-0.25, -0.2) is 36.5 Å². The first-order chi connectivity index (χ1) is 18.7. The summed E-state index contributed by atoms with van der Waals surface area (Å²) in [5.41, 5.74) is 0.602. The van der Waals surface area contributed by atoms with E-state index in [1.807, 2.05) is 0 Å². The van der Waals surface area contributed by atoms with E-state index < -0.39 is 53.8 Å². The summed E-state index contributed by atoms with van der Waals surface area (Å²) in [6.07, 6.45) is 1.12. The molecule has 210 valence electrons. The molecule has 2 aromatic carbocycles. The lowest BCUT2D eigenvalue weighted by molar-refractivity contribution is 0.0204. The Bertz CT molecular complexity index is 1310. The van der Waals surface area contributed by atoms with Gasteiger partial charge in [-0.15, -0.1) is 5.10 Å². The Labute approximate surface area is 216 Å². The van der Waals surface area contributed by atoms with Gasteiger partial charge in [0.25, 0.3) is 11.8 Å². The molecule has 0 aliphatic rings. The van der Waals surface area contributed by atoms with E-state index >= 15 is 0 Å². The zero-order valence-corrected chi connectivity index (χ0v) is 20.2. The fourth-order valence-corrected chi connectivity index (χ4v) is 3.08. The Hall–Kier alpha value is -4.18. The van der Waals surface area contributed by atoms with E-state index in [1.165, 1.54) is 18.2 Å². The number of carbonyl (C=O) groups excluding carboxylic acids is 2. The highest BCUT2D eigenvalue weighted by atomic mass is 19.2. The second kappa shape index (κ2) is 13.6. The monoisotopic (exact) mass is 561 g/mol. The first kappa shape index (κ1) is 29.4. The van der Waals surface area contributed by atoms with E-state index in [4.69, 9.17) is 9.47 Å². The molecule has 3 aromatic rings. The third-order valence-corrected chi connectivity index (χ3v) is 4.92. The smallest absolute Gasteiger partial charge is 0.297 e. The van der Waals surface area contributed by atoms with Gasteiger partial charge in [0.1, 0.15) is 31.3 Å². The maximum atomic E-state index is 13.7. The summed E-state index contributed by atoms with van der Waals surface area (Å²) in [6, 6.07) is 4.32. The van der Waals surface area contributed by atoms with Crippen molar-refractivity contribution in [2.45, 2.75) is 13.5 Å². The molecule has 1 heterocycles. The molecular formula is C23H21F6N5O5. The molecule has 0 aliphatic heterocycles. The number of nitrogens with zero attached hydrogens (tertiary/aromatic N) is 3. The van der Waals surface area contributed by atoms with Crippen LogP contribution in [0.15, 0.2) is 24.4 Å². The first-order valence-corrected chi connectivity index (χ1v) is 11.2. The van der Waals surface area contributed by atoms with Crippen molar-refractivity contribution in [3.8, 4) is 11.4 Å². The molecule has 0 fully saturated rings. The Morgan fingerprint density at radius 2 is 1.64 bits per heavy atom. The Balaban J connectivity index is 1.73. The first-order valence-electron chi connectivity index (χ1n) is 11.2. The van der Waals surface area contributed by atoms with Crippen LogP contribution in [0.2, 0.25) is 0 Å². The van der Waals surface area contributed by atoms with Gasteiger partial charge in [-0.1, -0.05) is 5.21 Å². The van der Waals surface area contributed by atoms with Gasteiger partial charge >= 0.3 is 0 Å². The Morgan fingerprint density at radius 3 is 2.31 bits per heavy atom. The van der Waals surface area contributed by atoms with Gasteiger partial charge < -0.3 is 14.8 Å². The fourth-order valence-electron chi connectivity index (χ4n) is 3.08. The second-order valence-corrected chi connectivity index (χ2v) is 7.51. The number of hydrogen-bond donors (Lipinski definition) is 2. The van der Waals surface area contributed by atoms with Crippen molar-refractivity contribution in [2.75, 3.05) is 33.0 Å². The van der Waals surface area contributed by atoms with Crippen LogP contribution in [0.3, 0.4) is 0 Å². The number of ether oxygens (including phenoxy) is 2. The molecule has 0 aliphatic carbocycles. The van der Waals surface area contributed by atoms with Crippen molar-refractivity contribution in [1.29, 1.82) is 0 Å². The Morgan fingerprint density at radius 1 is 0.949 bits per heavy atom.